The lowest BCUT2D eigenvalue weighted by Crippen LogP contribution is -2.44. The topological polar surface area (TPSA) is 149 Å². The molecule has 0 spiro atoms. The zero-order chi connectivity index (χ0) is 21.7. The first-order chi connectivity index (χ1) is 13.5. The fourth-order valence-electron chi connectivity index (χ4n) is 2.42. The number of nitrogens with zero attached hydrogens (tertiary/aromatic N) is 2. The van der Waals surface area contributed by atoms with Crippen LogP contribution in [0.2, 0.25) is 0 Å². The summed E-state index contributed by atoms with van der Waals surface area (Å²) in [7, 11) is -2.58. The molecule has 29 heavy (non-hydrogen) atoms. The Morgan fingerprint density at radius 2 is 2.07 bits per heavy atom. The number of hydrogen-bond acceptors (Lipinski definition) is 9. The minimum absolute atomic E-state index is 0.0904. The average molecular weight is 434 g/mol. The van der Waals surface area contributed by atoms with Crippen molar-refractivity contribution in [3.63, 3.8) is 0 Å². The fourth-order valence-corrected chi connectivity index (χ4v) is 3.55. The van der Waals surface area contributed by atoms with Gasteiger partial charge in [-0.25, -0.2) is 14.8 Å². The molecule has 1 aliphatic heterocycles. The highest BCUT2D eigenvalue weighted by Gasteiger charge is 2.29. The van der Waals surface area contributed by atoms with Crippen molar-refractivity contribution in [3.05, 3.63) is 12.0 Å². The average Bonchev–Trinajstić information content (AvgIpc) is 2.90. The van der Waals surface area contributed by atoms with Gasteiger partial charge in [-0.3, -0.25) is 4.79 Å². The van der Waals surface area contributed by atoms with Crippen molar-refractivity contribution < 1.29 is 36.6 Å². The van der Waals surface area contributed by atoms with Crippen LogP contribution in [0.3, 0.4) is 0 Å². The smallest absolute Gasteiger partial charge is 0.415 e. The monoisotopic (exact) mass is 434 g/mol. The summed E-state index contributed by atoms with van der Waals surface area (Å²) in [4.78, 5) is 27.7. The maximum atomic E-state index is 12.5. The molecule has 1 aromatic heterocycles. The summed E-state index contributed by atoms with van der Waals surface area (Å²) in [6.45, 7) is 5.82. The van der Waals surface area contributed by atoms with Gasteiger partial charge in [0, 0.05) is 20.2 Å². The zero-order valence-electron chi connectivity index (χ0n) is 16.8. The van der Waals surface area contributed by atoms with Gasteiger partial charge >= 0.3 is 22.3 Å². The summed E-state index contributed by atoms with van der Waals surface area (Å²) in [6.07, 6.45) is 0.316. The number of oxazole rings is 1. The van der Waals surface area contributed by atoms with E-state index in [-0.39, 0.29) is 37.5 Å². The van der Waals surface area contributed by atoms with E-state index in [0.717, 1.165) is 10.6 Å². The van der Waals surface area contributed by atoms with Gasteiger partial charge in [0.15, 0.2) is 5.69 Å². The van der Waals surface area contributed by atoms with Crippen LogP contribution >= 0.6 is 0 Å². The van der Waals surface area contributed by atoms with Gasteiger partial charge in [-0.15, -0.1) is 0 Å². The summed E-state index contributed by atoms with van der Waals surface area (Å²) in [5, 5.41) is 2.22. The predicted molar refractivity (Wildman–Crippen MR) is 101 cm³/mol. The van der Waals surface area contributed by atoms with Crippen molar-refractivity contribution >= 4 is 28.2 Å². The Morgan fingerprint density at radius 1 is 1.34 bits per heavy atom. The summed E-state index contributed by atoms with van der Waals surface area (Å²) in [6, 6.07) is -0.299. The molecule has 0 saturated carbocycles. The van der Waals surface area contributed by atoms with Gasteiger partial charge in [0.25, 0.3) is 5.91 Å². The third kappa shape index (κ3) is 7.27. The molecule has 12 nitrogen and oxygen atoms in total. The molecule has 1 unspecified atom stereocenters. The standard InChI is InChI=1S/C16H26N4O8S/c1-16(2,3)28-15(22)18-14-17-12(10-27-14)13(21)19-29(23,24)20-6-5-11(9-25-4)26-8-7-20/h10-11H,5-9H2,1-4H3,(H,19,21)(H,17,18,22). The molecule has 0 aliphatic carbocycles. The highest BCUT2D eigenvalue weighted by atomic mass is 32.2. The lowest BCUT2D eigenvalue weighted by atomic mass is 10.2. The predicted octanol–water partition coefficient (Wildman–Crippen LogP) is 0.734. The summed E-state index contributed by atoms with van der Waals surface area (Å²) < 4.78 is 48.5. The van der Waals surface area contributed by atoms with E-state index in [1.54, 1.807) is 20.8 Å². The van der Waals surface area contributed by atoms with Gasteiger partial charge < -0.3 is 18.6 Å². The van der Waals surface area contributed by atoms with Crippen LogP contribution in [0.1, 0.15) is 37.7 Å². The normalized spacial score (nSPS) is 18.7. The van der Waals surface area contributed by atoms with E-state index < -0.39 is 27.8 Å². The molecule has 2 rings (SSSR count). The molecule has 2 amide bonds. The number of nitrogens with one attached hydrogen (secondary N) is 2. The second kappa shape index (κ2) is 9.52. The summed E-state index contributed by atoms with van der Waals surface area (Å²) in [5.41, 5.74) is -1.05. The lowest BCUT2D eigenvalue weighted by Gasteiger charge is -2.19. The van der Waals surface area contributed by atoms with Crippen molar-refractivity contribution in [2.75, 3.05) is 38.7 Å². The van der Waals surface area contributed by atoms with E-state index in [9.17, 15) is 18.0 Å². The Morgan fingerprint density at radius 3 is 2.72 bits per heavy atom. The minimum Gasteiger partial charge on any atom is -0.443 e. The second-order valence-electron chi connectivity index (χ2n) is 7.24. The molecular formula is C16H26N4O8S. The molecule has 0 aromatic carbocycles. The van der Waals surface area contributed by atoms with Crippen LogP contribution in [0.15, 0.2) is 10.7 Å². The molecule has 1 aromatic rings. The van der Waals surface area contributed by atoms with Crippen molar-refractivity contribution in [1.29, 1.82) is 0 Å². The number of ether oxygens (including phenoxy) is 3. The molecule has 2 heterocycles. The Balaban J connectivity index is 1.95. The van der Waals surface area contributed by atoms with Gasteiger partial charge in [0.05, 0.1) is 19.3 Å². The number of anilines is 1. The molecule has 0 radical (unpaired) electrons. The number of rotatable bonds is 6. The number of amides is 2. The van der Waals surface area contributed by atoms with Crippen LogP contribution in [-0.4, -0.2) is 74.8 Å². The van der Waals surface area contributed by atoms with Gasteiger partial charge in [-0.1, -0.05) is 0 Å². The van der Waals surface area contributed by atoms with Crippen LogP contribution < -0.4 is 10.0 Å². The first-order valence-electron chi connectivity index (χ1n) is 8.88. The molecule has 164 valence electrons. The lowest BCUT2D eigenvalue weighted by molar-refractivity contribution is 0.00560. The fraction of sp³-hybridized carbons (Fsp3) is 0.688. The number of carbonyl (C=O) groups is 2. The third-order valence-corrected chi connectivity index (χ3v) is 5.14. The van der Waals surface area contributed by atoms with Crippen molar-refractivity contribution in [1.82, 2.24) is 14.0 Å². The molecule has 1 aliphatic rings. The largest absolute Gasteiger partial charge is 0.443 e. The van der Waals surface area contributed by atoms with Crippen LogP contribution in [0, 0.1) is 0 Å². The van der Waals surface area contributed by atoms with Gasteiger partial charge in [0.1, 0.15) is 11.9 Å². The Labute approximate surface area is 169 Å². The summed E-state index contributed by atoms with van der Waals surface area (Å²) >= 11 is 0. The van der Waals surface area contributed by atoms with E-state index >= 15 is 0 Å². The van der Waals surface area contributed by atoms with Crippen molar-refractivity contribution in [3.8, 4) is 0 Å². The molecule has 1 fully saturated rings. The number of methoxy groups -OCH3 is 1. The molecule has 1 atom stereocenters. The highest BCUT2D eigenvalue weighted by Crippen LogP contribution is 2.13. The maximum Gasteiger partial charge on any atom is 0.415 e. The van der Waals surface area contributed by atoms with Gasteiger partial charge in [-0.2, -0.15) is 17.7 Å². The van der Waals surface area contributed by atoms with E-state index in [2.05, 4.69) is 10.3 Å². The van der Waals surface area contributed by atoms with Crippen molar-refractivity contribution in [2.45, 2.75) is 38.9 Å². The Bertz CT molecular complexity index is 817. The van der Waals surface area contributed by atoms with Gasteiger partial charge in [-0.05, 0) is 27.2 Å². The van der Waals surface area contributed by atoms with Crippen LogP contribution in [-0.2, 0) is 24.4 Å². The molecular weight excluding hydrogens is 408 g/mol. The SMILES string of the molecule is COCC1CCN(S(=O)(=O)NC(=O)c2coc(NC(=O)OC(C)(C)C)n2)CCO1. The van der Waals surface area contributed by atoms with E-state index in [4.69, 9.17) is 18.6 Å². The number of hydrogen-bond donors (Lipinski definition) is 2. The van der Waals surface area contributed by atoms with Crippen LogP contribution in [0.5, 0.6) is 0 Å². The first-order valence-corrected chi connectivity index (χ1v) is 10.3. The maximum absolute atomic E-state index is 12.5. The molecule has 13 heteroatoms. The molecule has 1 saturated heterocycles. The van der Waals surface area contributed by atoms with Crippen LogP contribution in [0.4, 0.5) is 10.8 Å². The first kappa shape index (κ1) is 23.1. The van der Waals surface area contributed by atoms with Gasteiger partial charge in [0.2, 0.25) is 0 Å². The van der Waals surface area contributed by atoms with Crippen LogP contribution in [0.25, 0.3) is 0 Å². The second-order valence-corrected chi connectivity index (χ2v) is 8.91. The molecule has 0 bridgehead atoms. The third-order valence-electron chi connectivity index (χ3n) is 3.65. The Hall–Kier alpha value is -2.22. The zero-order valence-corrected chi connectivity index (χ0v) is 17.6. The molecule has 2 N–H and O–H groups in total. The van der Waals surface area contributed by atoms with E-state index in [1.165, 1.54) is 7.11 Å². The van der Waals surface area contributed by atoms with Crippen molar-refractivity contribution in [2.24, 2.45) is 0 Å². The van der Waals surface area contributed by atoms with E-state index in [0.29, 0.717) is 13.0 Å². The number of carbonyl (C=O) groups excluding carboxylic acids is 2. The Kier molecular flexibility index (Phi) is 7.57. The highest BCUT2D eigenvalue weighted by molar-refractivity contribution is 7.87. The quantitative estimate of drug-likeness (QED) is 0.660. The minimum atomic E-state index is -4.11. The van der Waals surface area contributed by atoms with E-state index in [1.807, 2.05) is 4.72 Å². The number of aromatic nitrogens is 1. The summed E-state index contributed by atoms with van der Waals surface area (Å²) in [5.74, 6) is -0.996.